The predicted octanol–water partition coefficient (Wildman–Crippen LogP) is 0.572. The maximum Gasteiger partial charge on any atom is 0.255 e. The molecule has 5 nitrogen and oxygen atoms in total. The van der Waals surface area contributed by atoms with Gasteiger partial charge in [-0.15, -0.1) is 0 Å². The maximum atomic E-state index is 12.1. The third-order valence-electron chi connectivity index (χ3n) is 2.92. The van der Waals surface area contributed by atoms with Gasteiger partial charge in [-0.2, -0.15) is 0 Å². The Morgan fingerprint density at radius 2 is 2.29 bits per heavy atom. The van der Waals surface area contributed by atoms with Gasteiger partial charge in [0.05, 0.1) is 18.9 Å². The summed E-state index contributed by atoms with van der Waals surface area (Å²) < 4.78 is 5.12. The number of nitrogens with zero attached hydrogens (tertiary/aromatic N) is 1. The Bertz CT molecular complexity index is 389. The molecule has 2 rings (SSSR count). The van der Waals surface area contributed by atoms with Crippen molar-refractivity contribution in [3.8, 4) is 5.75 Å². The van der Waals surface area contributed by atoms with E-state index >= 15 is 0 Å². The molecule has 1 aromatic heterocycles. The minimum atomic E-state index is -0.0869. The highest BCUT2D eigenvalue weighted by molar-refractivity contribution is 5.96. The summed E-state index contributed by atoms with van der Waals surface area (Å²) in [6.45, 7) is 1.91. The molecule has 2 N–H and O–H groups in total. The van der Waals surface area contributed by atoms with Gasteiger partial charge in [-0.25, -0.2) is 0 Å². The van der Waals surface area contributed by atoms with Crippen molar-refractivity contribution in [2.24, 2.45) is 0 Å². The van der Waals surface area contributed by atoms with Gasteiger partial charge in [-0.1, -0.05) is 0 Å². The topological polar surface area (TPSA) is 63.2 Å². The summed E-state index contributed by atoms with van der Waals surface area (Å²) in [6, 6.07) is 1.93. The van der Waals surface area contributed by atoms with Gasteiger partial charge >= 0.3 is 0 Å². The van der Waals surface area contributed by atoms with Crippen molar-refractivity contribution < 1.29 is 9.53 Å². The third-order valence-corrected chi connectivity index (χ3v) is 2.92. The standard InChI is InChI=1S/C12H17N3O2/c1-17-11-8-14-7-4-10(11)12(16)15-9-2-5-13-6-3-9/h4,7-9,13H,2-3,5-6H2,1H3,(H,15,16). The predicted molar refractivity (Wildman–Crippen MR) is 64.1 cm³/mol. The van der Waals surface area contributed by atoms with Crippen molar-refractivity contribution in [2.75, 3.05) is 20.2 Å². The first-order chi connectivity index (χ1) is 8.31. The summed E-state index contributed by atoms with van der Waals surface area (Å²) in [5, 5.41) is 6.29. The summed E-state index contributed by atoms with van der Waals surface area (Å²) in [4.78, 5) is 16.0. The molecule has 5 heteroatoms. The van der Waals surface area contributed by atoms with Crippen molar-refractivity contribution in [1.82, 2.24) is 15.6 Å². The molecule has 0 bridgehead atoms. The Balaban J connectivity index is 2.03. The van der Waals surface area contributed by atoms with E-state index in [0.717, 1.165) is 25.9 Å². The van der Waals surface area contributed by atoms with Gasteiger partial charge in [0.1, 0.15) is 5.75 Å². The summed E-state index contributed by atoms with van der Waals surface area (Å²) in [6.07, 6.45) is 5.09. The molecule has 0 aliphatic carbocycles. The van der Waals surface area contributed by atoms with Crippen LogP contribution in [0, 0.1) is 0 Å². The number of carbonyl (C=O) groups excluding carboxylic acids is 1. The molecule has 92 valence electrons. The Labute approximate surface area is 101 Å². The fourth-order valence-electron chi connectivity index (χ4n) is 1.96. The van der Waals surface area contributed by atoms with Gasteiger partial charge in [0.15, 0.2) is 0 Å². The van der Waals surface area contributed by atoms with Crippen LogP contribution in [0.25, 0.3) is 0 Å². The number of nitrogens with one attached hydrogen (secondary N) is 2. The first-order valence-corrected chi connectivity index (χ1v) is 5.81. The number of aromatic nitrogens is 1. The molecule has 1 saturated heterocycles. The van der Waals surface area contributed by atoms with E-state index in [1.54, 1.807) is 25.6 Å². The summed E-state index contributed by atoms with van der Waals surface area (Å²) in [7, 11) is 1.54. The first kappa shape index (κ1) is 11.9. The average molecular weight is 235 g/mol. The summed E-state index contributed by atoms with van der Waals surface area (Å²) >= 11 is 0. The number of rotatable bonds is 3. The zero-order valence-electron chi connectivity index (χ0n) is 9.90. The zero-order valence-corrected chi connectivity index (χ0v) is 9.90. The summed E-state index contributed by atoms with van der Waals surface area (Å²) in [5.74, 6) is 0.426. The third kappa shape index (κ3) is 2.94. The van der Waals surface area contributed by atoms with Crippen LogP contribution in [0.2, 0.25) is 0 Å². The molecule has 1 aromatic rings. The van der Waals surface area contributed by atoms with E-state index in [-0.39, 0.29) is 11.9 Å². The SMILES string of the molecule is COc1cnccc1C(=O)NC1CCNCC1. The van der Waals surface area contributed by atoms with E-state index in [9.17, 15) is 4.79 Å². The van der Waals surface area contributed by atoms with Gasteiger partial charge in [0.25, 0.3) is 5.91 Å². The first-order valence-electron chi connectivity index (χ1n) is 5.81. The average Bonchev–Trinajstić information content (AvgIpc) is 2.40. The lowest BCUT2D eigenvalue weighted by Gasteiger charge is -2.23. The molecular formula is C12H17N3O2. The number of hydrogen-bond donors (Lipinski definition) is 2. The molecule has 2 heterocycles. The van der Waals surface area contributed by atoms with E-state index < -0.39 is 0 Å². The lowest BCUT2D eigenvalue weighted by atomic mass is 10.1. The van der Waals surface area contributed by atoms with E-state index in [2.05, 4.69) is 15.6 Å². The largest absolute Gasteiger partial charge is 0.494 e. The lowest BCUT2D eigenvalue weighted by Crippen LogP contribution is -2.42. The maximum absolute atomic E-state index is 12.1. The van der Waals surface area contributed by atoms with Gasteiger partial charge in [-0.3, -0.25) is 9.78 Å². The highest BCUT2D eigenvalue weighted by atomic mass is 16.5. The molecule has 0 spiro atoms. The normalized spacial score (nSPS) is 16.5. The van der Waals surface area contributed by atoms with Crippen LogP contribution in [0.3, 0.4) is 0 Å². The Hall–Kier alpha value is -1.62. The lowest BCUT2D eigenvalue weighted by molar-refractivity contribution is 0.0926. The van der Waals surface area contributed by atoms with Crippen LogP contribution < -0.4 is 15.4 Å². The van der Waals surface area contributed by atoms with Gasteiger partial charge in [0.2, 0.25) is 0 Å². The van der Waals surface area contributed by atoms with E-state index in [1.165, 1.54) is 0 Å². The summed E-state index contributed by atoms with van der Waals surface area (Å²) in [5.41, 5.74) is 0.543. The molecule has 1 fully saturated rings. The number of piperidine rings is 1. The molecule has 0 saturated carbocycles. The van der Waals surface area contributed by atoms with Gasteiger partial charge < -0.3 is 15.4 Å². The van der Waals surface area contributed by atoms with E-state index in [0.29, 0.717) is 11.3 Å². The van der Waals surface area contributed by atoms with Crippen LogP contribution in [0.5, 0.6) is 5.75 Å². The Morgan fingerprint density at radius 3 is 3.00 bits per heavy atom. The van der Waals surface area contributed by atoms with Crippen LogP contribution in [-0.4, -0.2) is 37.1 Å². The van der Waals surface area contributed by atoms with Crippen LogP contribution in [0.1, 0.15) is 23.2 Å². The van der Waals surface area contributed by atoms with Crippen molar-refractivity contribution in [3.63, 3.8) is 0 Å². The molecule has 0 unspecified atom stereocenters. The number of ether oxygens (including phenoxy) is 1. The minimum Gasteiger partial charge on any atom is -0.494 e. The van der Waals surface area contributed by atoms with Gasteiger partial charge in [0, 0.05) is 12.2 Å². The molecular weight excluding hydrogens is 218 g/mol. The highest BCUT2D eigenvalue weighted by Crippen LogP contribution is 2.16. The second kappa shape index (κ2) is 5.63. The van der Waals surface area contributed by atoms with Crippen molar-refractivity contribution in [1.29, 1.82) is 0 Å². The van der Waals surface area contributed by atoms with Crippen LogP contribution in [0.15, 0.2) is 18.5 Å². The van der Waals surface area contributed by atoms with Gasteiger partial charge in [-0.05, 0) is 32.0 Å². The number of pyridine rings is 1. The fraction of sp³-hybridized carbons (Fsp3) is 0.500. The molecule has 17 heavy (non-hydrogen) atoms. The molecule has 1 aliphatic rings. The molecule has 1 aliphatic heterocycles. The number of amides is 1. The fourth-order valence-corrected chi connectivity index (χ4v) is 1.96. The molecule has 0 atom stereocenters. The van der Waals surface area contributed by atoms with Crippen molar-refractivity contribution in [3.05, 3.63) is 24.0 Å². The Kier molecular flexibility index (Phi) is 3.93. The monoisotopic (exact) mass is 235 g/mol. The van der Waals surface area contributed by atoms with E-state index in [1.807, 2.05) is 0 Å². The second-order valence-corrected chi connectivity index (χ2v) is 4.07. The second-order valence-electron chi connectivity index (χ2n) is 4.07. The molecule has 0 aromatic carbocycles. The smallest absolute Gasteiger partial charge is 0.255 e. The quantitative estimate of drug-likeness (QED) is 0.804. The zero-order chi connectivity index (χ0) is 12.1. The van der Waals surface area contributed by atoms with Crippen LogP contribution in [-0.2, 0) is 0 Å². The molecule has 0 radical (unpaired) electrons. The highest BCUT2D eigenvalue weighted by Gasteiger charge is 2.18. The number of hydrogen-bond acceptors (Lipinski definition) is 4. The minimum absolute atomic E-state index is 0.0869. The van der Waals surface area contributed by atoms with Crippen molar-refractivity contribution in [2.45, 2.75) is 18.9 Å². The van der Waals surface area contributed by atoms with E-state index in [4.69, 9.17) is 4.74 Å². The number of methoxy groups -OCH3 is 1. The number of carbonyl (C=O) groups is 1. The molecule has 1 amide bonds. The Morgan fingerprint density at radius 1 is 1.53 bits per heavy atom. The van der Waals surface area contributed by atoms with Crippen molar-refractivity contribution >= 4 is 5.91 Å². The van der Waals surface area contributed by atoms with Crippen LogP contribution in [0.4, 0.5) is 0 Å². The van der Waals surface area contributed by atoms with Crippen LogP contribution >= 0.6 is 0 Å².